The first-order valence-corrected chi connectivity index (χ1v) is 6.00. The van der Waals surface area contributed by atoms with Gasteiger partial charge in [0.15, 0.2) is 5.82 Å². The molecule has 0 unspecified atom stereocenters. The smallest absolute Gasteiger partial charge is 0.253 e. The van der Waals surface area contributed by atoms with E-state index >= 15 is 0 Å². The van der Waals surface area contributed by atoms with Crippen LogP contribution in [0.15, 0.2) is 22.7 Å². The van der Waals surface area contributed by atoms with Gasteiger partial charge in [-0.3, -0.25) is 4.79 Å². The van der Waals surface area contributed by atoms with Crippen LogP contribution in [0.3, 0.4) is 0 Å². The van der Waals surface area contributed by atoms with Crippen molar-refractivity contribution < 1.29 is 9.32 Å². The van der Waals surface area contributed by atoms with Crippen LogP contribution in [-0.4, -0.2) is 22.6 Å². The fourth-order valence-electron chi connectivity index (χ4n) is 1.69. The fraction of sp³-hybridized carbons (Fsp3) is 0.308. The van der Waals surface area contributed by atoms with Gasteiger partial charge in [0.25, 0.3) is 5.91 Å². The Morgan fingerprint density at radius 2 is 2.21 bits per heavy atom. The summed E-state index contributed by atoms with van der Waals surface area (Å²) in [6.45, 7) is 4.09. The molecule has 0 saturated carbocycles. The first-order chi connectivity index (χ1) is 9.06. The predicted molar refractivity (Wildman–Crippen MR) is 70.7 cm³/mol. The van der Waals surface area contributed by atoms with Gasteiger partial charge in [0.2, 0.25) is 5.89 Å². The molecular formula is C13H16N4O2. The number of carbonyl (C=O) groups excluding carboxylic acids is 1. The van der Waals surface area contributed by atoms with E-state index in [1.165, 1.54) is 0 Å². The first kappa shape index (κ1) is 13.1. The van der Waals surface area contributed by atoms with E-state index in [0.29, 0.717) is 35.9 Å². The summed E-state index contributed by atoms with van der Waals surface area (Å²) in [5.74, 6) is 0.900. The normalized spacial score (nSPS) is 10.4. The van der Waals surface area contributed by atoms with Crippen LogP contribution >= 0.6 is 0 Å². The number of hydrogen-bond donors (Lipinski definition) is 2. The molecule has 1 heterocycles. The van der Waals surface area contributed by atoms with E-state index in [-0.39, 0.29) is 5.91 Å². The van der Waals surface area contributed by atoms with Crippen molar-refractivity contribution in [1.82, 2.24) is 15.5 Å². The van der Waals surface area contributed by atoms with Gasteiger partial charge in [-0.1, -0.05) is 16.8 Å². The summed E-state index contributed by atoms with van der Waals surface area (Å²) < 4.78 is 4.96. The van der Waals surface area contributed by atoms with Gasteiger partial charge in [-0.25, -0.2) is 0 Å². The number of nitrogens with two attached hydrogens (primary N) is 1. The number of aryl methyl sites for hydroxylation is 2. The Hall–Kier alpha value is -2.37. The van der Waals surface area contributed by atoms with Gasteiger partial charge in [-0.2, -0.15) is 4.98 Å². The van der Waals surface area contributed by atoms with Crippen molar-refractivity contribution in [1.29, 1.82) is 0 Å². The Bertz CT molecular complexity index is 592. The molecule has 2 aromatic rings. The number of carbonyl (C=O) groups is 1. The van der Waals surface area contributed by atoms with Crippen LogP contribution < -0.4 is 11.1 Å². The Morgan fingerprint density at radius 3 is 2.89 bits per heavy atom. The van der Waals surface area contributed by atoms with Crippen molar-refractivity contribution in [2.24, 2.45) is 0 Å². The molecule has 1 aromatic carbocycles. The summed E-state index contributed by atoms with van der Waals surface area (Å²) >= 11 is 0. The van der Waals surface area contributed by atoms with Crippen molar-refractivity contribution in [2.45, 2.75) is 20.3 Å². The largest absolute Gasteiger partial charge is 0.398 e. The second-order valence-electron chi connectivity index (χ2n) is 4.33. The van der Waals surface area contributed by atoms with E-state index in [1.807, 2.05) is 13.0 Å². The summed E-state index contributed by atoms with van der Waals surface area (Å²) in [4.78, 5) is 16.0. The third-order valence-electron chi connectivity index (χ3n) is 2.65. The minimum atomic E-state index is -0.197. The SMILES string of the molecule is Cc1ccc(N)c(C(=O)NCCc2nc(C)no2)c1. The van der Waals surface area contributed by atoms with Gasteiger partial charge in [0.05, 0.1) is 5.56 Å². The Balaban J connectivity index is 1.92. The zero-order chi connectivity index (χ0) is 13.8. The molecule has 0 bridgehead atoms. The third-order valence-corrected chi connectivity index (χ3v) is 2.65. The zero-order valence-electron chi connectivity index (χ0n) is 10.9. The number of nitrogens with one attached hydrogen (secondary N) is 1. The van der Waals surface area contributed by atoms with Crippen molar-refractivity contribution in [3.8, 4) is 0 Å². The molecule has 6 nitrogen and oxygen atoms in total. The summed E-state index contributed by atoms with van der Waals surface area (Å²) in [6.07, 6.45) is 0.498. The average molecular weight is 260 g/mol. The second kappa shape index (κ2) is 5.51. The van der Waals surface area contributed by atoms with E-state index in [4.69, 9.17) is 10.3 Å². The van der Waals surface area contributed by atoms with Crippen molar-refractivity contribution >= 4 is 11.6 Å². The molecule has 1 aromatic heterocycles. The number of aromatic nitrogens is 2. The van der Waals surface area contributed by atoms with Gasteiger partial charge in [0.1, 0.15) is 0 Å². The summed E-state index contributed by atoms with van der Waals surface area (Å²) in [5, 5.41) is 6.46. The third kappa shape index (κ3) is 3.31. The molecule has 0 saturated heterocycles. The lowest BCUT2D eigenvalue weighted by atomic mass is 10.1. The second-order valence-corrected chi connectivity index (χ2v) is 4.33. The summed E-state index contributed by atoms with van der Waals surface area (Å²) in [5.41, 5.74) is 7.72. The molecule has 0 spiro atoms. The van der Waals surface area contributed by atoms with Crippen LogP contribution in [0.2, 0.25) is 0 Å². The summed E-state index contributed by atoms with van der Waals surface area (Å²) in [7, 11) is 0. The van der Waals surface area contributed by atoms with Crippen LogP contribution in [0.5, 0.6) is 0 Å². The molecule has 6 heteroatoms. The van der Waals surface area contributed by atoms with Crippen LogP contribution in [-0.2, 0) is 6.42 Å². The lowest BCUT2D eigenvalue weighted by Crippen LogP contribution is -2.26. The molecule has 0 aliphatic carbocycles. The number of hydrogen-bond acceptors (Lipinski definition) is 5. The van der Waals surface area contributed by atoms with Gasteiger partial charge < -0.3 is 15.6 Å². The Morgan fingerprint density at radius 1 is 1.42 bits per heavy atom. The number of amides is 1. The molecule has 0 radical (unpaired) electrons. The number of nitrogens with zero attached hydrogens (tertiary/aromatic N) is 2. The number of anilines is 1. The molecule has 2 rings (SSSR count). The maximum atomic E-state index is 12.0. The Kier molecular flexibility index (Phi) is 3.79. The highest BCUT2D eigenvalue weighted by Gasteiger charge is 2.10. The predicted octanol–water partition coefficient (Wildman–Crippen LogP) is 1.24. The van der Waals surface area contributed by atoms with Crippen LogP contribution in [0, 0.1) is 13.8 Å². The van der Waals surface area contributed by atoms with E-state index in [1.54, 1.807) is 19.1 Å². The summed E-state index contributed by atoms with van der Waals surface area (Å²) in [6, 6.07) is 5.36. The quantitative estimate of drug-likeness (QED) is 0.807. The monoisotopic (exact) mass is 260 g/mol. The van der Waals surface area contributed by atoms with Gasteiger partial charge in [-0.05, 0) is 26.0 Å². The highest BCUT2D eigenvalue weighted by atomic mass is 16.5. The van der Waals surface area contributed by atoms with Gasteiger partial charge in [-0.15, -0.1) is 0 Å². The average Bonchev–Trinajstić information content (AvgIpc) is 2.78. The molecule has 0 atom stereocenters. The molecule has 19 heavy (non-hydrogen) atoms. The van der Waals surface area contributed by atoms with E-state index in [2.05, 4.69) is 15.5 Å². The molecule has 0 aliphatic heterocycles. The Labute approximate surface area is 111 Å². The molecule has 100 valence electrons. The standard InChI is InChI=1S/C13H16N4O2/c1-8-3-4-11(14)10(7-8)13(18)15-6-5-12-16-9(2)17-19-12/h3-4,7H,5-6,14H2,1-2H3,(H,15,18). The lowest BCUT2D eigenvalue weighted by molar-refractivity contribution is 0.0954. The van der Waals surface area contributed by atoms with Crippen molar-refractivity contribution in [3.63, 3.8) is 0 Å². The van der Waals surface area contributed by atoms with Gasteiger partial charge >= 0.3 is 0 Å². The molecule has 1 amide bonds. The molecule has 0 aliphatic rings. The minimum absolute atomic E-state index is 0.197. The number of rotatable bonds is 4. The van der Waals surface area contributed by atoms with E-state index in [0.717, 1.165) is 5.56 Å². The maximum absolute atomic E-state index is 12.0. The first-order valence-electron chi connectivity index (χ1n) is 6.00. The molecule has 3 N–H and O–H groups in total. The maximum Gasteiger partial charge on any atom is 0.253 e. The molecular weight excluding hydrogens is 244 g/mol. The zero-order valence-corrected chi connectivity index (χ0v) is 10.9. The topological polar surface area (TPSA) is 94.0 Å². The highest BCUT2D eigenvalue weighted by Crippen LogP contribution is 2.13. The van der Waals surface area contributed by atoms with Crippen molar-refractivity contribution in [2.75, 3.05) is 12.3 Å². The van der Waals surface area contributed by atoms with Gasteiger partial charge in [0, 0.05) is 18.7 Å². The van der Waals surface area contributed by atoms with Crippen molar-refractivity contribution in [3.05, 3.63) is 41.0 Å². The van der Waals surface area contributed by atoms with Crippen LogP contribution in [0.25, 0.3) is 0 Å². The molecule has 0 fully saturated rings. The van der Waals surface area contributed by atoms with Crippen LogP contribution in [0.1, 0.15) is 27.6 Å². The number of benzene rings is 1. The fourth-order valence-corrected chi connectivity index (χ4v) is 1.69. The minimum Gasteiger partial charge on any atom is -0.398 e. The number of nitrogen functional groups attached to an aromatic ring is 1. The van der Waals surface area contributed by atoms with E-state index in [9.17, 15) is 4.79 Å². The lowest BCUT2D eigenvalue weighted by Gasteiger charge is -2.07. The highest BCUT2D eigenvalue weighted by molar-refractivity contribution is 5.99. The van der Waals surface area contributed by atoms with E-state index < -0.39 is 0 Å². The van der Waals surface area contributed by atoms with Crippen LogP contribution in [0.4, 0.5) is 5.69 Å².